The fourth-order valence-corrected chi connectivity index (χ4v) is 2.29. The number of rotatable bonds is 5. The number of aryl methyl sites for hydroxylation is 1. The van der Waals surface area contributed by atoms with Gasteiger partial charge in [0.2, 0.25) is 0 Å². The van der Waals surface area contributed by atoms with Gasteiger partial charge in [-0.15, -0.1) is 0 Å². The Labute approximate surface area is 134 Å². The lowest BCUT2D eigenvalue weighted by Crippen LogP contribution is -2.38. The molecule has 0 radical (unpaired) electrons. The molecule has 4 nitrogen and oxygen atoms in total. The Kier molecular flexibility index (Phi) is 6.04. The maximum absolute atomic E-state index is 12.7. The number of amides is 2. The highest BCUT2D eigenvalue weighted by molar-refractivity contribution is 5.90. The van der Waals surface area contributed by atoms with Crippen molar-refractivity contribution >= 4 is 11.7 Å². The van der Waals surface area contributed by atoms with Gasteiger partial charge in [-0.3, -0.25) is 0 Å². The maximum Gasteiger partial charge on any atom is 0.416 e. The molecule has 1 aromatic rings. The van der Waals surface area contributed by atoms with Gasteiger partial charge in [0.15, 0.2) is 0 Å². The minimum Gasteiger partial charge on any atom is -0.393 e. The Balaban J connectivity index is 2.71. The van der Waals surface area contributed by atoms with Gasteiger partial charge in [-0.2, -0.15) is 13.2 Å². The Morgan fingerprint density at radius 3 is 2.43 bits per heavy atom. The first-order valence-corrected chi connectivity index (χ1v) is 7.31. The van der Waals surface area contributed by atoms with Gasteiger partial charge < -0.3 is 15.7 Å². The molecule has 0 aliphatic heterocycles. The topological polar surface area (TPSA) is 61.4 Å². The largest absolute Gasteiger partial charge is 0.416 e. The number of hydrogen-bond donors (Lipinski definition) is 3. The zero-order valence-corrected chi connectivity index (χ0v) is 13.7. The number of alkyl halides is 3. The van der Waals surface area contributed by atoms with Crippen LogP contribution in [-0.2, 0) is 6.18 Å². The summed E-state index contributed by atoms with van der Waals surface area (Å²) < 4.78 is 38.1. The van der Waals surface area contributed by atoms with E-state index in [4.69, 9.17) is 0 Å². The summed E-state index contributed by atoms with van der Waals surface area (Å²) in [5.74, 6) is 0. The monoisotopic (exact) mass is 332 g/mol. The van der Waals surface area contributed by atoms with Crippen LogP contribution >= 0.6 is 0 Å². The molecule has 0 saturated carbocycles. The van der Waals surface area contributed by atoms with Crippen LogP contribution in [0.25, 0.3) is 0 Å². The predicted molar refractivity (Wildman–Crippen MR) is 83.3 cm³/mol. The van der Waals surface area contributed by atoms with Crippen molar-refractivity contribution in [2.24, 2.45) is 5.41 Å². The van der Waals surface area contributed by atoms with Crippen LogP contribution < -0.4 is 10.6 Å². The van der Waals surface area contributed by atoms with Crippen molar-refractivity contribution < 1.29 is 23.1 Å². The van der Waals surface area contributed by atoms with Crippen molar-refractivity contribution in [1.82, 2.24) is 5.32 Å². The molecule has 130 valence electrons. The van der Waals surface area contributed by atoms with Gasteiger partial charge in [-0.25, -0.2) is 4.79 Å². The number of urea groups is 1. The molecule has 0 aliphatic rings. The second-order valence-corrected chi connectivity index (χ2v) is 6.55. The Hall–Kier alpha value is -1.76. The van der Waals surface area contributed by atoms with Crippen molar-refractivity contribution in [2.45, 2.75) is 46.4 Å². The lowest BCUT2D eigenvalue weighted by atomic mass is 9.87. The summed E-state index contributed by atoms with van der Waals surface area (Å²) in [7, 11) is 0. The highest BCUT2D eigenvalue weighted by atomic mass is 19.4. The van der Waals surface area contributed by atoms with Gasteiger partial charge in [0.25, 0.3) is 0 Å². The number of carbonyl (C=O) groups excluding carboxylic acids is 1. The zero-order chi connectivity index (χ0) is 17.8. The minimum atomic E-state index is -4.46. The first-order valence-electron chi connectivity index (χ1n) is 7.31. The van der Waals surface area contributed by atoms with Crippen LogP contribution in [0.2, 0.25) is 0 Å². The fourth-order valence-electron chi connectivity index (χ4n) is 2.29. The average molecular weight is 332 g/mol. The number of hydrogen-bond acceptors (Lipinski definition) is 2. The zero-order valence-electron chi connectivity index (χ0n) is 13.7. The molecule has 0 aliphatic carbocycles. The molecule has 0 spiro atoms. The van der Waals surface area contributed by atoms with Gasteiger partial charge in [0.1, 0.15) is 0 Å². The van der Waals surface area contributed by atoms with Gasteiger partial charge in [0.05, 0.1) is 11.7 Å². The second-order valence-electron chi connectivity index (χ2n) is 6.55. The van der Waals surface area contributed by atoms with Crippen LogP contribution in [0.1, 0.15) is 38.3 Å². The molecule has 0 heterocycles. The molecule has 0 saturated heterocycles. The number of anilines is 1. The first-order chi connectivity index (χ1) is 10.4. The number of nitrogens with one attached hydrogen (secondary N) is 2. The Morgan fingerprint density at radius 1 is 1.30 bits per heavy atom. The molecule has 7 heteroatoms. The van der Waals surface area contributed by atoms with Gasteiger partial charge in [0, 0.05) is 12.2 Å². The van der Waals surface area contributed by atoms with E-state index in [1.54, 1.807) is 13.8 Å². The van der Waals surface area contributed by atoms with Crippen LogP contribution in [0, 0.1) is 12.3 Å². The smallest absolute Gasteiger partial charge is 0.393 e. The van der Waals surface area contributed by atoms with E-state index in [1.807, 2.05) is 13.8 Å². The summed E-state index contributed by atoms with van der Waals surface area (Å²) >= 11 is 0. The van der Waals surface area contributed by atoms with E-state index in [0.717, 1.165) is 12.1 Å². The molecular formula is C16H23F3N2O2. The maximum atomic E-state index is 12.7. The average Bonchev–Trinajstić information content (AvgIpc) is 2.36. The molecule has 23 heavy (non-hydrogen) atoms. The summed E-state index contributed by atoms with van der Waals surface area (Å²) in [6.45, 7) is 7.34. The van der Waals surface area contributed by atoms with E-state index < -0.39 is 23.9 Å². The SMILES string of the molecule is Cc1ccc(C(F)(F)F)cc1NC(=O)NCC(C)(C)CC(C)O. The van der Waals surface area contributed by atoms with Gasteiger partial charge in [-0.05, 0) is 43.4 Å². The summed E-state index contributed by atoms with van der Waals surface area (Å²) in [5, 5.41) is 14.5. The number of carbonyl (C=O) groups is 1. The van der Waals surface area contributed by atoms with Crippen molar-refractivity contribution in [3.63, 3.8) is 0 Å². The number of aliphatic hydroxyl groups excluding tert-OH is 1. The van der Waals surface area contributed by atoms with Crippen LogP contribution in [0.15, 0.2) is 18.2 Å². The normalized spacial score (nSPS) is 13.6. The molecule has 0 aromatic heterocycles. The van der Waals surface area contributed by atoms with E-state index in [1.165, 1.54) is 6.07 Å². The summed E-state index contributed by atoms with van der Waals surface area (Å²) in [4.78, 5) is 11.9. The Morgan fingerprint density at radius 2 is 1.91 bits per heavy atom. The van der Waals surface area contributed by atoms with Crippen LogP contribution in [-0.4, -0.2) is 23.8 Å². The Bertz CT molecular complexity index is 555. The number of halogens is 3. The van der Waals surface area contributed by atoms with Crippen molar-refractivity contribution in [3.8, 4) is 0 Å². The standard InChI is InChI=1S/C16H23F3N2O2/c1-10-5-6-12(16(17,18)19)7-13(10)21-14(23)20-9-15(3,4)8-11(2)22/h5-7,11,22H,8-9H2,1-4H3,(H2,20,21,23). The molecular weight excluding hydrogens is 309 g/mol. The number of aliphatic hydroxyl groups is 1. The number of benzene rings is 1. The molecule has 0 bridgehead atoms. The molecule has 1 atom stereocenters. The van der Waals surface area contributed by atoms with Crippen molar-refractivity contribution in [1.29, 1.82) is 0 Å². The second kappa shape index (κ2) is 7.21. The molecule has 0 fully saturated rings. The van der Waals surface area contributed by atoms with E-state index in [0.29, 0.717) is 18.5 Å². The summed E-state index contributed by atoms with van der Waals surface area (Å²) in [6.07, 6.45) is -4.46. The molecule has 1 rings (SSSR count). The fraction of sp³-hybridized carbons (Fsp3) is 0.562. The summed E-state index contributed by atoms with van der Waals surface area (Å²) in [6, 6.07) is 2.63. The predicted octanol–water partition coefficient (Wildman–Crippen LogP) is 3.93. The third kappa shape index (κ3) is 6.48. The van der Waals surface area contributed by atoms with E-state index >= 15 is 0 Å². The van der Waals surface area contributed by atoms with Crippen LogP contribution in [0.4, 0.5) is 23.7 Å². The highest BCUT2D eigenvalue weighted by Crippen LogP contribution is 2.32. The van der Waals surface area contributed by atoms with Crippen molar-refractivity contribution in [3.05, 3.63) is 29.3 Å². The van der Waals surface area contributed by atoms with Gasteiger partial charge >= 0.3 is 12.2 Å². The van der Waals surface area contributed by atoms with Crippen LogP contribution in [0.3, 0.4) is 0 Å². The van der Waals surface area contributed by atoms with E-state index in [-0.39, 0.29) is 11.1 Å². The third-order valence-electron chi connectivity index (χ3n) is 3.39. The van der Waals surface area contributed by atoms with E-state index in [9.17, 15) is 23.1 Å². The molecule has 1 unspecified atom stereocenters. The van der Waals surface area contributed by atoms with E-state index in [2.05, 4.69) is 10.6 Å². The third-order valence-corrected chi connectivity index (χ3v) is 3.39. The molecule has 1 aromatic carbocycles. The lowest BCUT2D eigenvalue weighted by molar-refractivity contribution is -0.137. The lowest BCUT2D eigenvalue weighted by Gasteiger charge is -2.26. The highest BCUT2D eigenvalue weighted by Gasteiger charge is 2.31. The van der Waals surface area contributed by atoms with Crippen molar-refractivity contribution in [2.75, 3.05) is 11.9 Å². The minimum absolute atomic E-state index is 0.116. The molecule has 2 amide bonds. The first kappa shape index (κ1) is 19.3. The molecule has 3 N–H and O–H groups in total. The van der Waals surface area contributed by atoms with Gasteiger partial charge in [-0.1, -0.05) is 19.9 Å². The van der Waals surface area contributed by atoms with Crippen LogP contribution in [0.5, 0.6) is 0 Å². The summed E-state index contributed by atoms with van der Waals surface area (Å²) in [5.41, 5.74) is -0.483. The quantitative estimate of drug-likeness (QED) is 0.765.